The highest BCUT2D eigenvalue weighted by Gasteiger charge is 2.50. The molecule has 3 aromatic rings. The minimum atomic E-state index is -3.42. The third-order valence-electron chi connectivity index (χ3n) is 6.78. The van der Waals surface area contributed by atoms with Gasteiger partial charge in [-0.15, -0.1) is 0 Å². The summed E-state index contributed by atoms with van der Waals surface area (Å²) in [6, 6.07) is 17.4. The number of urea groups is 1. The normalized spacial score (nSPS) is 20.2. The molecule has 5 rings (SSSR count). The van der Waals surface area contributed by atoms with Gasteiger partial charge in [0.25, 0.3) is 5.91 Å². The van der Waals surface area contributed by atoms with E-state index in [-0.39, 0.29) is 0 Å². The summed E-state index contributed by atoms with van der Waals surface area (Å²) in [4.78, 5) is 40.3. The zero-order valence-corrected chi connectivity index (χ0v) is 20.3. The molecular weight excluding hydrogens is 466 g/mol. The molecule has 0 aliphatic carbocycles. The highest BCUT2D eigenvalue weighted by atomic mass is 32.2. The van der Waals surface area contributed by atoms with Gasteiger partial charge in [-0.2, -0.15) is 0 Å². The van der Waals surface area contributed by atoms with Crippen molar-refractivity contribution < 1.29 is 22.8 Å². The van der Waals surface area contributed by atoms with E-state index >= 15 is 0 Å². The number of ketones is 1. The highest BCUT2D eigenvalue weighted by molar-refractivity contribution is 7.92. The minimum absolute atomic E-state index is 0.332. The molecule has 1 atom stereocenters. The topological polar surface area (TPSA) is 104 Å². The van der Waals surface area contributed by atoms with Crippen LogP contribution in [-0.2, 0) is 26.8 Å². The summed E-state index contributed by atoms with van der Waals surface area (Å²) in [6.45, 7) is 1.64. The highest BCUT2D eigenvalue weighted by Crippen LogP contribution is 2.34. The number of nitrogens with zero attached hydrogens (tertiary/aromatic N) is 2. The summed E-state index contributed by atoms with van der Waals surface area (Å²) < 4.78 is 25.5. The molecule has 180 valence electrons. The standard InChI is InChI=1S/C26H25N3O5S/c1-26(21-11-5-8-17-7-3-4-10-20(17)21)24(31)28(25(32)27-26)16-23(30)19-12-13-22-18(15-19)9-6-14-29(22)35(2,33)34/h3-5,7-8,10-13,15H,6,9,14,16H2,1-2H3,(H,27,32). The first-order valence-corrected chi connectivity index (χ1v) is 13.2. The molecule has 3 amide bonds. The smallest absolute Gasteiger partial charge is 0.319 e. The van der Waals surface area contributed by atoms with Crippen molar-refractivity contribution in [3.05, 3.63) is 77.4 Å². The van der Waals surface area contributed by atoms with E-state index in [0.717, 1.165) is 27.5 Å². The summed E-state index contributed by atoms with van der Waals surface area (Å²) in [5.74, 6) is -0.886. The van der Waals surface area contributed by atoms with Crippen LogP contribution >= 0.6 is 0 Å². The van der Waals surface area contributed by atoms with E-state index in [0.29, 0.717) is 36.2 Å². The van der Waals surface area contributed by atoms with Crippen LogP contribution < -0.4 is 9.62 Å². The van der Waals surface area contributed by atoms with Crippen molar-refractivity contribution in [1.29, 1.82) is 0 Å². The van der Waals surface area contributed by atoms with Crippen molar-refractivity contribution in [2.24, 2.45) is 0 Å². The second-order valence-electron chi connectivity index (χ2n) is 9.18. The number of fused-ring (bicyclic) bond motifs is 2. The van der Waals surface area contributed by atoms with Crippen LogP contribution in [-0.4, -0.2) is 50.4 Å². The Morgan fingerprint density at radius 1 is 1.06 bits per heavy atom. The van der Waals surface area contributed by atoms with Gasteiger partial charge in [0, 0.05) is 12.1 Å². The molecule has 0 aromatic heterocycles. The van der Waals surface area contributed by atoms with E-state index in [4.69, 9.17) is 0 Å². The van der Waals surface area contributed by atoms with Gasteiger partial charge in [0.2, 0.25) is 10.0 Å². The first-order chi connectivity index (χ1) is 16.6. The van der Waals surface area contributed by atoms with E-state index in [1.807, 2.05) is 42.5 Å². The number of Topliss-reactive ketones (excluding diaryl/α,β-unsaturated/α-hetero) is 1. The van der Waals surface area contributed by atoms with Crippen LogP contribution in [0.1, 0.15) is 34.8 Å². The zero-order valence-electron chi connectivity index (χ0n) is 19.4. The van der Waals surface area contributed by atoms with Crippen molar-refractivity contribution in [2.45, 2.75) is 25.3 Å². The van der Waals surface area contributed by atoms with Crippen LogP contribution in [0.3, 0.4) is 0 Å². The number of amides is 3. The molecule has 0 bridgehead atoms. The fraction of sp³-hybridized carbons (Fsp3) is 0.269. The first-order valence-electron chi connectivity index (χ1n) is 11.4. The third kappa shape index (κ3) is 3.85. The van der Waals surface area contributed by atoms with Crippen LogP contribution in [0, 0.1) is 0 Å². The van der Waals surface area contributed by atoms with E-state index in [9.17, 15) is 22.8 Å². The maximum absolute atomic E-state index is 13.5. The number of nitrogens with one attached hydrogen (secondary N) is 1. The van der Waals surface area contributed by atoms with Crippen LogP contribution in [0.2, 0.25) is 0 Å². The second kappa shape index (κ2) is 8.20. The summed E-state index contributed by atoms with van der Waals surface area (Å²) in [5, 5.41) is 4.58. The van der Waals surface area contributed by atoms with Crippen molar-refractivity contribution in [2.75, 3.05) is 23.7 Å². The molecule has 1 saturated heterocycles. The Bertz CT molecular complexity index is 1490. The van der Waals surface area contributed by atoms with Gasteiger partial charge in [-0.1, -0.05) is 42.5 Å². The van der Waals surface area contributed by atoms with Crippen LogP contribution in [0.15, 0.2) is 60.7 Å². The van der Waals surface area contributed by atoms with E-state index in [2.05, 4.69) is 5.32 Å². The Balaban J connectivity index is 1.42. The number of rotatable bonds is 5. The summed E-state index contributed by atoms with van der Waals surface area (Å²) in [5.41, 5.74) is 1.01. The molecule has 1 fully saturated rings. The van der Waals surface area contributed by atoms with E-state index < -0.39 is 39.8 Å². The monoisotopic (exact) mass is 491 g/mol. The molecule has 0 radical (unpaired) electrons. The number of hydrogen-bond acceptors (Lipinski definition) is 5. The molecule has 8 nitrogen and oxygen atoms in total. The van der Waals surface area contributed by atoms with Gasteiger partial charge in [-0.3, -0.25) is 18.8 Å². The maximum Gasteiger partial charge on any atom is 0.325 e. The molecule has 0 saturated carbocycles. The molecule has 9 heteroatoms. The Morgan fingerprint density at radius 3 is 2.57 bits per heavy atom. The first kappa shape index (κ1) is 23.0. The van der Waals surface area contributed by atoms with Crippen molar-refractivity contribution >= 4 is 44.2 Å². The predicted molar refractivity (Wildman–Crippen MR) is 133 cm³/mol. The number of carbonyl (C=O) groups excluding carboxylic acids is 3. The van der Waals surface area contributed by atoms with Gasteiger partial charge in [0.1, 0.15) is 5.54 Å². The lowest BCUT2D eigenvalue weighted by Gasteiger charge is -2.29. The number of carbonyl (C=O) groups is 3. The average Bonchev–Trinajstić information content (AvgIpc) is 3.05. The number of sulfonamides is 1. The Labute approximate surface area is 203 Å². The molecule has 3 aromatic carbocycles. The fourth-order valence-electron chi connectivity index (χ4n) is 5.00. The van der Waals surface area contributed by atoms with Crippen molar-refractivity contribution in [1.82, 2.24) is 10.2 Å². The van der Waals surface area contributed by atoms with Gasteiger partial charge < -0.3 is 5.32 Å². The SMILES string of the molecule is CC1(c2cccc3ccccc23)NC(=O)N(CC(=O)c2ccc3c(c2)CCCN3S(C)(=O)=O)C1=O. The number of benzene rings is 3. The van der Waals surface area contributed by atoms with Crippen molar-refractivity contribution in [3.63, 3.8) is 0 Å². The lowest BCUT2D eigenvalue weighted by atomic mass is 9.87. The predicted octanol–water partition coefficient (Wildman–Crippen LogP) is 3.20. The lowest BCUT2D eigenvalue weighted by molar-refractivity contribution is -0.130. The maximum atomic E-state index is 13.5. The number of imide groups is 1. The largest absolute Gasteiger partial charge is 0.325 e. The number of anilines is 1. The molecule has 2 aliphatic heterocycles. The zero-order chi connectivity index (χ0) is 25.0. The quantitative estimate of drug-likeness (QED) is 0.436. The molecule has 35 heavy (non-hydrogen) atoms. The molecule has 2 heterocycles. The molecule has 0 spiro atoms. The van der Waals surface area contributed by atoms with Crippen LogP contribution in [0.25, 0.3) is 10.8 Å². The van der Waals surface area contributed by atoms with Crippen LogP contribution in [0.5, 0.6) is 0 Å². The Kier molecular flexibility index (Phi) is 5.40. The van der Waals surface area contributed by atoms with Gasteiger partial charge >= 0.3 is 6.03 Å². The number of hydrogen-bond donors (Lipinski definition) is 1. The third-order valence-corrected chi connectivity index (χ3v) is 7.96. The van der Waals surface area contributed by atoms with Gasteiger partial charge in [0.15, 0.2) is 5.78 Å². The average molecular weight is 492 g/mol. The summed E-state index contributed by atoms with van der Waals surface area (Å²) in [7, 11) is -3.42. The fourth-order valence-corrected chi connectivity index (χ4v) is 6.00. The molecular formula is C26H25N3O5S. The van der Waals surface area contributed by atoms with E-state index in [1.54, 1.807) is 25.1 Å². The molecule has 1 N–H and O–H groups in total. The molecule has 1 unspecified atom stereocenters. The van der Waals surface area contributed by atoms with Gasteiger partial charge in [-0.25, -0.2) is 13.2 Å². The second-order valence-corrected chi connectivity index (χ2v) is 11.1. The van der Waals surface area contributed by atoms with Gasteiger partial charge in [-0.05, 0) is 59.9 Å². The van der Waals surface area contributed by atoms with Crippen LogP contribution in [0.4, 0.5) is 10.5 Å². The summed E-state index contributed by atoms with van der Waals surface area (Å²) in [6.07, 6.45) is 2.45. The summed E-state index contributed by atoms with van der Waals surface area (Å²) >= 11 is 0. The Hall–Kier alpha value is -3.72. The lowest BCUT2D eigenvalue weighted by Crippen LogP contribution is -2.41. The van der Waals surface area contributed by atoms with Crippen molar-refractivity contribution in [3.8, 4) is 0 Å². The Morgan fingerprint density at radius 2 is 1.80 bits per heavy atom. The van der Waals surface area contributed by atoms with E-state index in [1.165, 1.54) is 4.31 Å². The minimum Gasteiger partial charge on any atom is -0.319 e. The number of aryl methyl sites for hydroxylation is 1. The van der Waals surface area contributed by atoms with Gasteiger partial charge in [0.05, 0.1) is 18.5 Å². The molecule has 2 aliphatic rings.